The number of hydrogen-bond acceptors (Lipinski definition) is 4. The van der Waals surface area contributed by atoms with Crippen molar-refractivity contribution >= 4 is 17.5 Å². The van der Waals surface area contributed by atoms with E-state index in [1.54, 1.807) is 12.0 Å². The minimum absolute atomic E-state index is 0.00291. The molecule has 0 spiro atoms. The van der Waals surface area contributed by atoms with Crippen molar-refractivity contribution in [3.05, 3.63) is 24.3 Å². The monoisotopic (exact) mass is 343 g/mol. The first-order chi connectivity index (χ1) is 12.2. The largest absolute Gasteiger partial charge is 0.495 e. The van der Waals surface area contributed by atoms with Crippen LogP contribution >= 0.6 is 0 Å². The average molecular weight is 343 g/mol. The SMILES string of the molecule is COc1ccccc1N1CC(C(=O)N2C3CCNCC2CC3)CC1=O. The molecular weight excluding hydrogens is 318 g/mol. The van der Waals surface area contributed by atoms with Crippen LogP contribution in [0.4, 0.5) is 5.69 Å². The van der Waals surface area contributed by atoms with Crippen molar-refractivity contribution in [3.8, 4) is 5.75 Å². The van der Waals surface area contributed by atoms with Crippen LogP contribution in [0.2, 0.25) is 0 Å². The van der Waals surface area contributed by atoms with Crippen molar-refractivity contribution in [2.24, 2.45) is 5.92 Å². The number of fused-ring (bicyclic) bond motifs is 2. The molecule has 3 aliphatic heterocycles. The highest BCUT2D eigenvalue weighted by molar-refractivity contribution is 6.01. The molecule has 3 saturated heterocycles. The van der Waals surface area contributed by atoms with E-state index < -0.39 is 0 Å². The van der Waals surface area contributed by atoms with E-state index >= 15 is 0 Å². The van der Waals surface area contributed by atoms with Crippen LogP contribution in [0.5, 0.6) is 5.75 Å². The van der Waals surface area contributed by atoms with E-state index in [1.165, 1.54) is 0 Å². The predicted octanol–water partition coefficient (Wildman–Crippen LogP) is 1.40. The summed E-state index contributed by atoms with van der Waals surface area (Å²) in [7, 11) is 1.60. The number of para-hydroxylation sites is 2. The number of methoxy groups -OCH3 is 1. The van der Waals surface area contributed by atoms with Crippen molar-refractivity contribution < 1.29 is 14.3 Å². The predicted molar refractivity (Wildman–Crippen MR) is 94.6 cm³/mol. The van der Waals surface area contributed by atoms with Gasteiger partial charge in [0.25, 0.3) is 0 Å². The maximum absolute atomic E-state index is 13.2. The smallest absolute Gasteiger partial charge is 0.228 e. The molecule has 1 aromatic carbocycles. The summed E-state index contributed by atoms with van der Waals surface area (Å²) in [5, 5.41) is 3.42. The third-order valence-corrected chi connectivity index (χ3v) is 5.76. The van der Waals surface area contributed by atoms with Gasteiger partial charge in [0.05, 0.1) is 18.7 Å². The minimum atomic E-state index is -0.251. The molecule has 6 nitrogen and oxygen atoms in total. The van der Waals surface area contributed by atoms with E-state index in [0.717, 1.165) is 38.0 Å². The lowest BCUT2D eigenvalue weighted by Crippen LogP contribution is -2.46. The van der Waals surface area contributed by atoms with Crippen LogP contribution in [0.25, 0.3) is 0 Å². The summed E-state index contributed by atoms with van der Waals surface area (Å²) < 4.78 is 5.38. The minimum Gasteiger partial charge on any atom is -0.495 e. The molecule has 0 aromatic heterocycles. The van der Waals surface area contributed by atoms with E-state index in [0.29, 0.717) is 24.8 Å². The molecule has 1 N–H and O–H groups in total. The fourth-order valence-electron chi connectivity index (χ4n) is 4.51. The summed E-state index contributed by atoms with van der Waals surface area (Å²) in [5.74, 6) is 0.576. The van der Waals surface area contributed by atoms with Crippen molar-refractivity contribution in [3.63, 3.8) is 0 Å². The number of hydrogen-bond donors (Lipinski definition) is 1. The zero-order valence-corrected chi connectivity index (χ0v) is 14.6. The summed E-state index contributed by atoms with van der Waals surface area (Å²) in [6.07, 6.45) is 3.47. The molecule has 2 bridgehead atoms. The summed E-state index contributed by atoms with van der Waals surface area (Å²) in [6, 6.07) is 8.12. The van der Waals surface area contributed by atoms with Gasteiger partial charge in [-0.1, -0.05) is 12.1 Å². The Morgan fingerprint density at radius 2 is 2.00 bits per heavy atom. The van der Waals surface area contributed by atoms with Gasteiger partial charge >= 0.3 is 0 Å². The number of amides is 2. The highest BCUT2D eigenvalue weighted by Gasteiger charge is 2.44. The molecule has 4 rings (SSSR count). The molecule has 134 valence electrons. The first-order valence-electron chi connectivity index (χ1n) is 9.15. The molecule has 3 aliphatic rings. The van der Waals surface area contributed by atoms with Crippen molar-refractivity contribution in [2.75, 3.05) is 31.6 Å². The number of rotatable bonds is 3. The van der Waals surface area contributed by atoms with Crippen LogP contribution in [0, 0.1) is 5.92 Å². The van der Waals surface area contributed by atoms with Gasteiger partial charge in [-0.2, -0.15) is 0 Å². The van der Waals surface area contributed by atoms with Crippen LogP contribution < -0.4 is 15.0 Å². The standard InChI is InChI=1S/C19H25N3O3/c1-25-17-5-3-2-4-16(17)21-12-13(10-18(21)23)19(24)22-14-6-7-15(22)11-20-9-8-14/h2-5,13-15,20H,6-12H2,1H3. The highest BCUT2D eigenvalue weighted by Crippen LogP contribution is 2.35. The molecular formula is C19H25N3O3. The Morgan fingerprint density at radius 3 is 2.84 bits per heavy atom. The molecule has 6 heteroatoms. The van der Waals surface area contributed by atoms with E-state index in [2.05, 4.69) is 10.2 Å². The number of nitrogens with one attached hydrogen (secondary N) is 1. The summed E-state index contributed by atoms with van der Waals surface area (Å²) >= 11 is 0. The Kier molecular flexibility index (Phi) is 4.37. The van der Waals surface area contributed by atoms with E-state index in [1.807, 2.05) is 24.3 Å². The van der Waals surface area contributed by atoms with E-state index in [4.69, 9.17) is 4.74 Å². The molecule has 25 heavy (non-hydrogen) atoms. The maximum atomic E-state index is 13.2. The zero-order valence-electron chi connectivity index (χ0n) is 14.6. The van der Waals surface area contributed by atoms with Gasteiger partial charge in [-0.05, 0) is 37.9 Å². The zero-order chi connectivity index (χ0) is 17.4. The van der Waals surface area contributed by atoms with Crippen molar-refractivity contribution in [1.82, 2.24) is 10.2 Å². The van der Waals surface area contributed by atoms with Gasteiger partial charge in [-0.3, -0.25) is 9.59 Å². The molecule has 2 amide bonds. The van der Waals surface area contributed by atoms with Crippen molar-refractivity contribution in [2.45, 2.75) is 37.8 Å². The van der Waals surface area contributed by atoms with Crippen molar-refractivity contribution in [1.29, 1.82) is 0 Å². The molecule has 0 aliphatic carbocycles. The van der Waals surface area contributed by atoms with Gasteiger partial charge in [0.1, 0.15) is 5.75 Å². The molecule has 3 unspecified atom stereocenters. The third-order valence-electron chi connectivity index (χ3n) is 5.76. The van der Waals surface area contributed by atoms with Gasteiger partial charge in [0.2, 0.25) is 11.8 Å². The number of benzene rings is 1. The summed E-state index contributed by atoms with van der Waals surface area (Å²) in [6.45, 7) is 2.29. The normalized spacial score (nSPS) is 29.0. The Hall–Kier alpha value is -2.08. The topological polar surface area (TPSA) is 61.9 Å². The Morgan fingerprint density at radius 1 is 1.20 bits per heavy atom. The fourth-order valence-corrected chi connectivity index (χ4v) is 4.51. The molecule has 3 fully saturated rings. The number of ether oxygens (including phenoxy) is 1. The van der Waals surface area contributed by atoms with Gasteiger partial charge in [-0.15, -0.1) is 0 Å². The Labute approximate surface area is 148 Å². The molecule has 3 heterocycles. The maximum Gasteiger partial charge on any atom is 0.228 e. The Balaban J connectivity index is 1.53. The van der Waals surface area contributed by atoms with E-state index in [9.17, 15) is 9.59 Å². The summed E-state index contributed by atoms with van der Waals surface area (Å²) in [5.41, 5.74) is 0.755. The lowest BCUT2D eigenvalue weighted by atomic mass is 10.1. The van der Waals surface area contributed by atoms with Crippen LogP contribution in [0.15, 0.2) is 24.3 Å². The quantitative estimate of drug-likeness (QED) is 0.901. The van der Waals surface area contributed by atoms with Gasteiger partial charge < -0.3 is 19.9 Å². The number of carbonyl (C=O) groups is 2. The first-order valence-corrected chi connectivity index (χ1v) is 9.15. The molecule has 0 saturated carbocycles. The highest BCUT2D eigenvalue weighted by atomic mass is 16.5. The fraction of sp³-hybridized carbons (Fsp3) is 0.579. The molecule has 1 aromatic rings. The summed E-state index contributed by atoms with van der Waals surface area (Å²) in [4.78, 5) is 29.5. The average Bonchev–Trinajstić information content (AvgIpc) is 3.12. The van der Waals surface area contributed by atoms with Crippen LogP contribution in [0.3, 0.4) is 0 Å². The number of nitrogens with zero attached hydrogens (tertiary/aromatic N) is 2. The molecule has 0 radical (unpaired) electrons. The second-order valence-electron chi connectivity index (χ2n) is 7.20. The lowest BCUT2D eigenvalue weighted by molar-refractivity contribution is -0.138. The van der Waals surface area contributed by atoms with Gasteiger partial charge in [0, 0.05) is 31.6 Å². The molecule has 3 atom stereocenters. The number of carbonyl (C=O) groups excluding carboxylic acids is 2. The Bertz CT molecular complexity index is 664. The van der Waals surface area contributed by atoms with Crippen LogP contribution in [-0.4, -0.2) is 55.5 Å². The second kappa shape index (κ2) is 6.67. The first kappa shape index (κ1) is 16.4. The third kappa shape index (κ3) is 2.88. The second-order valence-corrected chi connectivity index (χ2v) is 7.20. The van der Waals surface area contributed by atoms with E-state index in [-0.39, 0.29) is 23.8 Å². The van der Waals surface area contributed by atoms with Crippen LogP contribution in [-0.2, 0) is 9.59 Å². The number of anilines is 1. The lowest BCUT2D eigenvalue weighted by Gasteiger charge is -2.30. The van der Waals surface area contributed by atoms with Crippen LogP contribution in [0.1, 0.15) is 25.7 Å². The van der Waals surface area contributed by atoms with Gasteiger partial charge in [-0.25, -0.2) is 0 Å². The van der Waals surface area contributed by atoms with Gasteiger partial charge in [0.15, 0.2) is 0 Å².